The lowest BCUT2D eigenvalue weighted by atomic mass is 9.95. The standard InChI is InChI=1S/C43H68O37/c1-6-10(46)14(50)30(37(66)68-6)77-40-20(56)17(53)28(33(79-40)36(64)65)75-43-31(78-41-21(57)16(52)27(32(80-41)35(62)63)74-39-19(55)13(49)15(51)29(76-39)34(60)61)22(58)24(7(2)69-43)72-42-23(59)26(67-3)25(9(5-45)71-42)73-38-18(54)12(48)11(47)8(4-44)70-38/h6-33,37-59,66H,4-5H2,1-3H3,(H,60,61)(H,62,63)(H,64,65)/t6-,7-,8+,9+,10-,11-,12-,13-,14+,15+,16+,17+,18+,19+,20+,21+,22+,23+,24-,25-,26+,27+,28+,29-,30+,31+,32-,33-,37?,38-,39-,40-,41-,42-,43-/m0/s1. The van der Waals surface area contributed by atoms with Crippen molar-refractivity contribution in [1.82, 2.24) is 0 Å². The summed E-state index contributed by atoms with van der Waals surface area (Å²) in [7, 11) is 1.04. The molecule has 462 valence electrons. The minimum atomic E-state index is -2.56. The fourth-order valence-electron chi connectivity index (χ4n) is 10.1. The lowest BCUT2D eigenvalue weighted by Gasteiger charge is -2.51. The lowest BCUT2D eigenvalue weighted by molar-refractivity contribution is -0.407. The summed E-state index contributed by atoms with van der Waals surface area (Å²) in [6.07, 6.45) is -73.5. The molecule has 20 N–H and O–H groups in total. The molecule has 0 bridgehead atoms. The van der Waals surface area contributed by atoms with Crippen LogP contribution in [-0.2, 0) is 80.7 Å². The molecule has 37 heteroatoms. The quantitative estimate of drug-likeness (QED) is 0.0606. The van der Waals surface area contributed by atoms with E-state index in [0.29, 0.717) is 0 Å². The summed E-state index contributed by atoms with van der Waals surface area (Å²) in [6.45, 7) is 0.567. The molecule has 7 rings (SSSR count). The third-order valence-electron chi connectivity index (χ3n) is 14.6. The number of carbonyl (C=O) groups is 3. The number of ether oxygens (including phenoxy) is 14. The first-order valence-corrected chi connectivity index (χ1v) is 24.7. The summed E-state index contributed by atoms with van der Waals surface area (Å²) < 4.78 is 77.9. The number of carboxylic acid groups (broad SMARTS) is 3. The first-order valence-electron chi connectivity index (χ1n) is 24.7. The number of carboxylic acids is 3. The van der Waals surface area contributed by atoms with E-state index in [9.17, 15) is 117 Å². The van der Waals surface area contributed by atoms with Crippen molar-refractivity contribution in [3.05, 3.63) is 0 Å². The average Bonchev–Trinajstić information content (AvgIpc) is 3.44. The molecule has 7 fully saturated rings. The average molecular weight is 1180 g/mol. The molecule has 0 saturated carbocycles. The highest BCUT2D eigenvalue weighted by Crippen LogP contribution is 2.39. The van der Waals surface area contributed by atoms with Crippen molar-refractivity contribution in [1.29, 1.82) is 0 Å². The van der Waals surface area contributed by atoms with Gasteiger partial charge < -0.3 is 168 Å². The second kappa shape index (κ2) is 26.6. The number of aliphatic hydroxyl groups is 17. The van der Waals surface area contributed by atoms with Crippen LogP contribution in [-0.4, -0.2) is 355 Å². The van der Waals surface area contributed by atoms with E-state index in [1.165, 1.54) is 6.92 Å². The van der Waals surface area contributed by atoms with E-state index in [2.05, 4.69) is 0 Å². The van der Waals surface area contributed by atoms with Crippen LogP contribution < -0.4 is 0 Å². The predicted octanol–water partition coefficient (Wildman–Crippen LogP) is -13.3. The van der Waals surface area contributed by atoms with E-state index >= 15 is 0 Å². The van der Waals surface area contributed by atoms with Crippen LogP contribution in [0.5, 0.6) is 0 Å². The van der Waals surface area contributed by atoms with Crippen LogP contribution in [0.3, 0.4) is 0 Å². The van der Waals surface area contributed by atoms with Crippen molar-refractivity contribution in [2.75, 3.05) is 20.3 Å². The largest absolute Gasteiger partial charge is 0.479 e. The van der Waals surface area contributed by atoms with E-state index < -0.39 is 246 Å². The zero-order chi connectivity index (χ0) is 59.3. The minimum absolute atomic E-state index is 0.869. The van der Waals surface area contributed by atoms with Crippen molar-refractivity contribution >= 4 is 17.9 Å². The lowest BCUT2D eigenvalue weighted by Crippen LogP contribution is -2.69. The molecule has 0 aromatic rings. The third kappa shape index (κ3) is 12.9. The zero-order valence-corrected chi connectivity index (χ0v) is 42.0. The van der Waals surface area contributed by atoms with E-state index in [1.54, 1.807) is 0 Å². The minimum Gasteiger partial charge on any atom is -0.479 e. The number of aliphatic hydroxyl groups excluding tert-OH is 17. The predicted molar refractivity (Wildman–Crippen MR) is 235 cm³/mol. The molecule has 0 aliphatic carbocycles. The highest BCUT2D eigenvalue weighted by atomic mass is 16.8. The van der Waals surface area contributed by atoms with Gasteiger partial charge in [-0.2, -0.15) is 0 Å². The van der Waals surface area contributed by atoms with Crippen LogP contribution in [0.25, 0.3) is 0 Å². The maximum absolute atomic E-state index is 12.8. The highest BCUT2D eigenvalue weighted by Gasteiger charge is 2.60. The van der Waals surface area contributed by atoms with Crippen molar-refractivity contribution in [2.45, 2.75) is 229 Å². The Labute approximate surface area is 449 Å². The molecule has 1 unspecified atom stereocenters. The summed E-state index contributed by atoms with van der Waals surface area (Å²) in [5.41, 5.74) is 0. The van der Waals surface area contributed by atoms with Crippen LogP contribution in [0, 0.1) is 0 Å². The second-order valence-corrected chi connectivity index (χ2v) is 19.9. The van der Waals surface area contributed by atoms with Crippen molar-refractivity contribution in [3.8, 4) is 0 Å². The molecule has 0 aromatic heterocycles. The van der Waals surface area contributed by atoms with Gasteiger partial charge in [0.25, 0.3) is 0 Å². The summed E-state index contributed by atoms with van der Waals surface area (Å²) in [5, 5.41) is 213. The smallest absolute Gasteiger partial charge is 0.335 e. The first kappa shape index (κ1) is 64.7. The number of aliphatic carboxylic acids is 3. The fourth-order valence-corrected chi connectivity index (χ4v) is 10.1. The second-order valence-electron chi connectivity index (χ2n) is 19.9. The molecule has 35 atom stereocenters. The van der Waals surface area contributed by atoms with Gasteiger partial charge in [0.2, 0.25) is 0 Å². The molecule has 37 nitrogen and oxygen atoms in total. The molecule has 7 saturated heterocycles. The Morgan fingerprint density at radius 1 is 0.325 bits per heavy atom. The number of methoxy groups -OCH3 is 1. The van der Waals surface area contributed by atoms with Gasteiger partial charge in [-0.3, -0.25) is 0 Å². The molecule has 7 aliphatic rings. The van der Waals surface area contributed by atoms with E-state index in [4.69, 9.17) is 66.3 Å². The summed E-state index contributed by atoms with van der Waals surface area (Å²) >= 11 is 0. The van der Waals surface area contributed by atoms with Gasteiger partial charge >= 0.3 is 17.9 Å². The van der Waals surface area contributed by atoms with E-state index in [-0.39, 0.29) is 0 Å². The van der Waals surface area contributed by atoms with Gasteiger partial charge in [0.15, 0.2) is 62.3 Å². The van der Waals surface area contributed by atoms with Crippen LogP contribution >= 0.6 is 0 Å². The molecule has 0 radical (unpaired) electrons. The topological polar surface area (TPSA) is 585 Å². The Hall–Kier alpha value is -2.83. The van der Waals surface area contributed by atoms with Crippen LogP contribution in [0.4, 0.5) is 0 Å². The van der Waals surface area contributed by atoms with Gasteiger partial charge in [0, 0.05) is 7.11 Å². The Kier molecular flexibility index (Phi) is 21.5. The molecule has 7 heterocycles. The summed E-state index contributed by atoms with van der Waals surface area (Å²) in [5.74, 6) is -5.90. The van der Waals surface area contributed by atoms with Gasteiger partial charge in [0.05, 0.1) is 25.4 Å². The maximum Gasteiger partial charge on any atom is 0.335 e. The van der Waals surface area contributed by atoms with Crippen LogP contribution in [0.15, 0.2) is 0 Å². The number of hydrogen-bond donors (Lipinski definition) is 20. The summed E-state index contributed by atoms with van der Waals surface area (Å²) in [6, 6.07) is 0. The fraction of sp³-hybridized carbons (Fsp3) is 0.930. The van der Waals surface area contributed by atoms with Gasteiger partial charge in [-0.15, -0.1) is 0 Å². The number of hydrogen-bond acceptors (Lipinski definition) is 34. The van der Waals surface area contributed by atoms with Gasteiger partial charge in [-0.05, 0) is 13.8 Å². The van der Waals surface area contributed by atoms with Crippen molar-refractivity contribution < 1.29 is 183 Å². The molecule has 0 spiro atoms. The Balaban J connectivity index is 1.16. The Morgan fingerprint density at radius 3 is 1.21 bits per heavy atom. The summed E-state index contributed by atoms with van der Waals surface area (Å²) in [4.78, 5) is 37.3. The molecular formula is C43H68O37. The maximum atomic E-state index is 12.8. The van der Waals surface area contributed by atoms with Gasteiger partial charge in [0.1, 0.15) is 140 Å². The third-order valence-corrected chi connectivity index (χ3v) is 14.6. The monoisotopic (exact) mass is 1180 g/mol. The van der Waals surface area contributed by atoms with Crippen molar-refractivity contribution in [3.63, 3.8) is 0 Å². The van der Waals surface area contributed by atoms with Gasteiger partial charge in [-0.25, -0.2) is 14.4 Å². The molecule has 80 heavy (non-hydrogen) atoms. The Morgan fingerprint density at radius 2 is 0.713 bits per heavy atom. The Bertz CT molecular complexity index is 2040. The molecule has 0 aromatic carbocycles. The SMILES string of the molecule is CO[C@@H]1[C@@H](O)[C@H](O[C@@H]2[C@@H](O)[C@@H](O[C@H]3O[C@H](C(=O)O)[C@H](O[C@H]4O[C@H](C(=O)O)[C@H](O)[C@H](O)[C@H]4O)[C@H](O)[C@H]3O)[C@H](O[C@@H]3[C@H](O)[C@@H](O)[C@@H](O[C@H]4C(O)O[C@@H](C)[C@H](O)[C@H]4O)O[C@@H]3C(=O)O)O[C@H]2C)O[C@H](CO)[C@@H]1O[C@@H]1O[C@H](CO)[C@H](O)[C@H](O)[C@H]1O. The molecular weight excluding hydrogens is 1110 g/mol. The van der Waals surface area contributed by atoms with E-state index in [0.717, 1.165) is 14.0 Å². The first-order chi connectivity index (χ1) is 37.6. The van der Waals surface area contributed by atoms with Crippen LogP contribution in [0.1, 0.15) is 13.8 Å². The normalized spacial score (nSPS) is 52.3. The van der Waals surface area contributed by atoms with Crippen molar-refractivity contribution in [2.24, 2.45) is 0 Å². The zero-order valence-electron chi connectivity index (χ0n) is 42.0. The van der Waals surface area contributed by atoms with Crippen LogP contribution in [0.2, 0.25) is 0 Å². The van der Waals surface area contributed by atoms with E-state index in [1.807, 2.05) is 0 Å². The highest BCUT2D eigenvalue weighted by molar-refractivity contribution is 5.74. The molecule has 0 amide bonds. The number of rotatable bonds is 18. The molecule has 7 aliphatic heterocycles. The van der Waals surface area contributed by atoms with Gasteiger partial charge in [-0.1, -0.05) is 0 Å².